The van der Waals surface area contributed by atoms with Crippen LogP contribution in [0, 0.1) is 0 Å². The zero-order chi connectivity index (χ0) is 22.0. The summed E-state index contributed by atoms with van der Waals surface area (Å²) in [6.45, 7) is 5.79. The van der Waals surface area contributed by atoms with E-state index in [1.165, 1.54) is 16.2 Å². The number of hydrogen-bond donors (Lipinski definition) is 1. The third-order valence-corrected chi connectivity index (χ3v) is 6.60. The number of carbonyl (C=O) groups excluding carboxylic acids is 3. The smallest absolute Gasteiger partial charge is 0.253 e. The highest BCUT2D eigenvalue weighted by Crippen LogP contribution is 2.40. The van der Waals surface area contributed by atoms with Crippen LogP contribution in [-0.4, -0.2) is 59.8 Å². The summed E-state index contributed by atoms with van der Waals surface area (Å²) in [5, 5.41) is 5.03. The third-order valence-electron chi connectivity index (χ3n) is 5.91. The molecule has 1 fully saturated rings. The lowest BCUT2D eigenvalue weighted by Gasteiger charge is -2.45. The fraction of sp³-hybridized carbons (Fsp3) is 0.455. The van der Waals surface area contributed by atoms with Crippen LogP contribution < -0.4 is 15.1 Å². The lowest BCUT2D eigenvalue weighted by molar-refractivity contribution is -0.123. The normalized spacial score (nSPS) is 17.7. The van der Waals surface area contributed by atoms with Gasteiger partial charge in [-0.05, 0) is 51.3 Å². The van der Waals surface area contributed by atoms with Crippen molar-refractivity contribution < 1.29 is 14.4 Å². The van der Waals surface area contributed by atoms with Crippen LogP contribution in [0.25, 0.3) is 0 Å². The maximum atomic E-state index is 13.4. The van der Waals surface area contributed by atoms with E-state index in [1.807, 2.05) is 26.0 Å². The number of nitrogens with zero attached hydrogens (tertiary/aromatic N) is 4. The Morgan fingerprint density at radius 3 is 2.74 bits per heavy atom. The van der Waals surface area contributed by atoms with E-state index in [0.717, 1.165) is 31.5 Å². The van der Waals surface area contributed by atoms with Crippen LogP contribution in [0.5, 0.6) is 0 Å². The van der Waals surface area contributed by atoms with E-state index in [4.69, 9.17) is 0 Å². The van der Waals surface area contributed by atoms with Crippen molar-refractivity contribution in [2.24, 2.45) is 0 Å². The number of fused-ring (bicyclic) bond motifs is 3. The second-order valence-corrected chi connectivity index (χ2v) is 8.59. The standard InChI is InChI=1S/C22H27N5O3S/c1-3-25(4-2)20(29)15-8-9-16-18(13-15)27(14-19(28)24-22-23-10-12-31-22)21(30)17-7-5-6-11-26(16)17/h8-10,12-13,17H,3-7,11,14H2,1-2H3,(H,23,24,28)/t17-/m0/s1. The van der Waals surface area contributed by atoms with E-state index in [1.54, 1.807) is 22.5 Å². The number of hydrogen-bond acceptors (Lipinski definition) is 6. The lowest BCUT2D eigenvalue weighted by Crippen LogP contribution is -2.56. The van der Waals surface area contributed by atoms with Gasteiger partial charge in [0, 0.05) is 36.8 Å². The molecule has 0 unspecified atom stereocenters. The van der Waals surface area contributed by atoms with Crippen molar-refractivity contribution in [2.75, 3.05) is 41.3 Å². The van der Waals surface area contributed by atoms with Gasteiger partial charge in [0.25, 0.3) is 5.91 Å². The molecule has 0 bridgehead atoms. The molecule has 164 valence electrons. The molecule has 3 amide bonds. The molecule has 8 nitrogen and oxygen atoms in total. The minimum absolute atomic E-state index is 0.0757. The number of anilines is 3. The van der Waals surface area contributed by atoms with Crippen LogP contribution in [0.15, 0.2) is 29.8 Å². The second-order valence-electron chi connectivity index (χ2n) is 7.70. The number of aromatic nitrogens is 1. The molecule has 0 radical (unpaired) electrons. The number of benzene rings is 1. The number of carbonyl (C=O) groups is 3. The highest BCUT2D eigenvalue weighted by atomic mass is 32.1. The summed E-state index contributed by atoms with van der Waals surface area (Å²) >= 11 is 1.33. The topological polar surface area (TPSA) is 85.9 Å². The Hall–Kier alpha value is -2.94. The summed E-state index contributed by atoms with van der Waals surface area (Å²) < 4.78 is 0. The molecule has 0 aliphatic carbocycles. The first-order valence-corrected chi connectivity index (χ1v) is 11.6. The van der Waals surface area contributed by atoms with Gasteiger partial charge < -0.3 is 15.1 Å². The fourth-order valence-electron chi connectivity index (χ4n) is 4.33. The molecule has 1 saturated heterocycles. The predicted molar refractivity (Wildman–Crippen MR) is 122 cm³/mol. The summed E-state index contributed by atoms with van der Waals surface area (Å²) in [4.78, 5) is 48.5. The maximum absolute atomic E-state index is 13.4. The zero-order valence-corrected chi connectivity index (χ0v) is 18.7. The van der Waals surface area contributed by atoms with Crippen molar-refractivity contribution in [3.8, 4) is 0 Å². The van der Waals surface area contributed by atoms with Crippen molar-refractivity contribution in [1.29, 1.82) is 0 Å². The Bertz CT molecular complexity index is 974. The van der Waals surface area contributed by atoms with E-state index >= 15 is 0 Å². The predicted octanol–water partition coefficient (Wildman–Crippen LogP) is 2.97. The molecule has 2 aromatic rings. The Balaban J connectivity index is 1.68. The average molecular weight is 442 g/mol. The van der Waals surface area contributed by atoms with E-state index < -0.39 is 0 Å². The van der Waals surface area contributed by atoms with Crippen molar-refractivity contribution in [2.45, 2.75) is 39.2 Å². The van der Waals surface area contributed by atoms with Crippen molar-refractivity contribution in [1.82, 2.24) is 9.88 Å². The first-order valence-electron chi connectivity index (χ1n) is 10.7. The van der Waals surface area contributed by atoms with Gasteiger partial charge in [-0.3, -0.25) is 19.3 Å². The molecule has 1 aromatic carbocycles. The summed E-state index contributed by atoms with van der Waals surface area (Å²) in [6.07, 6.45) is 4.39. The van der Waals surface area contributed by atoms with E-state index in [9.17, 15) is 14.4 Å². The quantitative estimate of drug-likeness (QED) is 0.745. The van der Waals surface area contributed by atoms with Crippen LogP contribution in [-0.2, 0) is 9.59 Å². The molecule has 9 heteroatoms. The first kappa shape index (κ1) is 21.3. The molecule has 31 heavy (non-hydrogen) atoms. The van der Waals surface area contributed by atoms with Gasteiger partial charge in [0.05, 0.1) is 11.4 Å². The first-order chi connectivity index (χ1) is 15.0. The fourth-order valence-corrected chi connectivity index (χ4v) is 4.88. The third kappa shape index (κ3) is 4.14. The van der Waals surface area contributed by atoms with Crippen molar-refractivity contribution in [3.63, 3.8) is 0 Å². The molecule has 2 aliphatic heterocycles. The molecular formula is C22H27N5O3S. The summed E-state index contributed by atoms with van der Waals surface area (Å²) in [5.74, 6) is -0.471. The van der Waals surface area contributed by atoms with Crippen molar-refractivity contribution >= 4 is 45.6 Å². The highest BCUT2D eigenvalue weighted by Gasteiger charge is 2.40. The molecule has 2 aliphatic rings. The van der Waals surface area contributed by atoms with Gasteiger partial charge in [0.15, 0.2) is 5.13 Å². The Kier molecular flexibility index (Phi) is 6.22. The van der Waals surface area contributed by atoms with Gasteiger partial charge in [-0.25, -0.2) is 4.98 Å². The molecule has 0 spiro atoms. The molecule has 4 rings (SSSR count). The number of nitrogens with one attached hydrogen (secondary N) is 1. The summed E-state index contributed by atoms with van der Waals surface area (Å²) in [5.41, 5.74) is 2.05. The maximum Gasteiger partial charge on any atom is 0.253 e. The average Bonchev–Trinajstić information content (AvgIpc) is 3.30. The van der Waals surface area contributed by atoms with Gasteiger partial charge in [0.2, 0.25) is 11.8 Å². The van der Waals surface area contributed by atoms with Crippen LogP contribution in [0.4, 0.5) is 16.5 Å². The van der Waals surface area contributed by atoms with Crippen molar-refractivity contribution in [3.05, 3.63) is 35.3 Å². The Morgan fingerprint density at radius 2 is 2.03 bits per heavy atom. The van der Waals surface area contributed by atoms with E-state index in [-0.39, 0.29) is 30.3 Å². The summed E-state index contributed by atoms with van der Waals surface area (Å²) in [6, 6.07) is 5.24. The van der Waals surface area contributed by atoms with Crippen LogP contribution >= 0.6 is 11.3 Å². The molecule has 1 N–H and O–H groups in total. The van der Waals surface area contributed by atoms with Crippen LogP contribution in [0.1, 0.15) is 43.5 Å². The van der Waals surface area contributed by atoms with Gasteiger partial charge in [-0.1, -0.05) is 0 Å². The Morgan fingerprint density at radius 1 is 1.23 bits per heavy atom. The summed E-state index contributed by atoms with van der Waals surface area (Å²) in [7, 11) is 0. The van der Waals surface area contributed by atoms with Crippen LogP contribution in [0.3, 0.4) is 0 Å². The number of piperidine rings is 1. The van der Waals surface area contributed by atoms with Gasteiger partial charge in [-0.2, -0.15) is 0 Å². The number of rotatable bonds is 6. The SMILES string of the molecule is CCN(CC)C(=O)c1ccc2c(c1)N(CC(=O)Nc1nccs1)C(=O)[C@@H]1CCCCN21. The minimum atomic E-state index is -0.306. The number of amides is 3. The van der Waals surface area contributed by atoms with E-state index in [0.29, 0.717) is 29.5 Å². The van der Waals surface area contributed by atoms with E-state index in [2.05, 4.69) is 15.2 Å². The number of thiazole rings is 1. The molecule has 1 atom stereocenters. The molecular weight excluding hydrogens is 414 g/mol. The molecule has 1 aromatic heterocycles. The zero-order valence-electron chi connectivity index (χ0n) is 17.8. The minimum Gasteiger partial charge on any atom is -0.358 e. The van der Waals surface area contributed by atoms with Gasteiger partial charge in [0.1, 0.15) is 12.6 Å². The second kappa shape index (κ2) is 9.05. The molecule has 3 heterocycles. The molecule has 0 saturated carbocycles. The highest BCUT2D eigenvalue weighted by molar-refractivity contribution is 7.13. The van der Waals surface area contributed by atoms with Gasteiger partial charge in [-0.15, -0.1) is 11.3 Å². The monoisotopic (exact) mass is 441 g/mol. The van der Waals surface area contributed by atoms with Crippen LogP contribution in [0.2, 0.25) is 0 Å². The largest absolute Gasteiger partial charge is 0.358 e. The lowest BCUT2D eigenvalue weighted by atomic mass is 9.95. The van der Waals surface area contributed by atoms with Gasteiger partial charge >= 0.3 is 0 Å². The Labute approximate surface area is 185 Å².